The van der Waals surface area contributed by atoms with Gasteiger partial charge in [-0.05, 0) is 30.3 Å². The Kier molecular flexibility index (Phi) is 2.87. The minimum Gasteiger partial charge on any atom is -0.399 e. The molecule has 3 rings (SSSR count). The van der Waals surface area contributed by atoms with E-state index in [1.807, 2.05) is 32.3 Å². The molecule has 0 saturated heterocycles. The summed E-state index contributed by atoms with van der Waals surface area (Å²) in [6.45, 7) is 0. The molecule has 96 valence electrons. The SMILES string of the molecule is CN(C)c1cccc(-c2nc3ccc(N)cc3s2)c1. The van der Waals surface area contributed by atoms with E-state index in [4.69, 9.17) is 5.73 Å². The highest BCUT2D eigenvalue weighted by molar-refractivity contribution is 7.21. The van der Waals surface area contributed by atoms with E-state index in [1.165, 1.54) is 5.69 Å². The number of rotatable bonds is 2. The molecule has 19 heavy (non-hydrogen) atoms. The van der Waals surface area contributed by atoms with Crippen molar-refractivity contribution in [1.29, 1.82) is 0 Å². The van der Waals surface area contributed by atoms with Crippen molar-refractivity contribution in [2.45, 2.75) is 0 Å². The highest BCUT2D eigenvalue weighted by Crippen LogP contribution is 2.32. The predicted octanol–water partition coefficient (Wildman–Crippen LogP) is 3.61. The number of nitrogen functional groups attached to an aromatic ring is 1. The molecule has 3 nitrogen and oxygen atoms in total. The summed E-state index contributed by atoms with van der Waals surface area (Å²) in [4.78, 5) is 6.76. The van der Waals surface area contributed by atoms with E-state index in [2.05, 4.69) is 34.1 Å². The van der Waals surface area contributed by atoms with Crippen LogP contribution in [-0.4, -0.2) is 19.1 Å². The number of anilines is 2. The molecule has 2 aromatic carbocycles. The molecule has 1 aromatic heterocycles. The molecule has 4 heteroatoms. The fraction of sp³-hybridized carbons (Fsp3) is 0.133. The number of hydrogen-bond donors (Lipinski definition) is 1. The van der Waals surface area contributed by atoms with Crippen LogP contribution < -0.4 is 10.6 Å². The van der Waals surface area contributed by atoms with Gasteiger partial charge in [-0.3, -0.25) is 0 Å². The number of hydrogen-bond acceptors (Lipinski definition) is 4. The Labute approximate surface area is 116 Å². The molecular formula is C15H15N3S. The van der Waals surface area contributed by atoms with E-state index in [-0.39, 0.29) is 0 Å². The number of benzene rings is 2. The Balaban J connectivity index is 2.11. The van der Waals surface area contributed by atoms with E-state index >= 15 is 0 Å². The molecule has 3 aromatic rings. The highest BCUT2D eigenvalue weighted by atomic mass is 32.1. The van der Waals surface area contributed by atoms with Crippen molar-refractivity contribution in [3.05, 3.63) is 42.5 Å². The summed E-state index contributed by atoms with van der Waals surface area (Å²) in [6.07, 6.45) is 0. The van der Waals surface area contributed by atoms with E-state index < -0.39 is 0 Å². The summed E-state index contributed by atoms with van der Waals surface area (Å²) >= 11 is 1.68. The normalized spacial score (nSPS) is 10.8. The Morgan fingerprint density at radius 3 is 2.74 bits per heavy atom. The molecular weight excluding hydrogens is 254 g/mol. The number of fused-ring (bicyclic) bond motifs is 1. The van der Waals surface area contributed by atoms with Gasteiger partial charge in [-0.2, -0.15) is 0 Å². The first-order valence-electron chi connectivity index (χ1n) is 6.07. The average molecular weight is 269 g/mol. The molecule has 2 N–H and O–H groups in total. The van der Waals surface area contributed by atoms with Gasteiger partial charge in [0.2, 0.25) is 0 Å². The molecule has 0 saturated carbocycles. The molecule has 0 atom stereocenters. The molecule has 0 aliphatic rings. The molecule has 1 heterocycles. The summed E-state index contributed by atoms with van der Waals surface area (Å²) in [5.74, 6) is 0. The summed E-state index contributed by atoms with van der Waals surface area (Å²) in [6, 6.07) is 14.2. The van der Waals surface area contributed by atoms with Gasteiger partial charge in [-0.1, -0.05) is 12.1 Å². The van der Waals surface area contributed by atoms with Crippen LogP contribution in [-0.2, 0) is 0 Å². The topological polar surface area (TPSA) is 42.2 Å². The van der Waals surface area contributed by atoms with E-state index in [0.29, 0.717) is 0 Å². The van der Waals surface area contributed by atoms with Crippen LogP contribution in [0.1, 0.15) is 0 Å². The van der Waals surface area contributed by atoms with Gasteiger partial charge in [-0.25, -0.2) is 4.98 Å². The summed E-state index contributed by atoms with van der Waals surface area (Å²) in [7, 11) is 4.08. The van der Waals surface area contributed by atoms with Crippen LogP contribution >= 0.6 is 11.3 Å². The molecule has 0 unspecified atom stereocenters. The first kappa shape index (κ1) is 12.0. The summed E-state index contributed by atoms with van der Waals surface area (Å²) < 4.78 is 1.13. The van der Waals surface area contributed by atoms with Gasteiger partial charge in [0.05, 0.1) is 10.2 Å². The maximum atomic E-state index is 5.81. The molecule has 0 fully saturated rings. The lowest BCUT2D eigenvalue weighted by molar-refractivity contribution is 1.13. The Hall–Kier alpha value is -2.07. The van der Waals surface area contributed by atoms with Gasteiger partial charge in [0, 0.05) is 31.0 Å². The largest absolute Gasteiger partial charge is 0.399 e. The smallest absolute Gasteiger partial charge is 0.124 e. The molecule has 0 radical (unpaired) electrons. The van der Waals surface area contributed by atoms with Gasteiger partial charge >= 0.3 is 0 Å². The van der Waals surface area contributed by atoms with Crippen molar-refractivity contribution in [3.8, 4) is 10.6 Å². The summed E-state index contributed by atoms with van der Waals surface area (Å²) in [5.41, 5.74) is 9.92. The number of thiazole rings is 1. The predicted molar refractivity (Wildman–Crippen MR) is 83.8 cm³/mol. The first-order chi connectivity index (χ1) is 9.13. The lowest BCUT2D eigenvalue weighted by Gasteiger charge is -2.12. The number of nitrogens with two attached hydrogens (primary N) is 1. The van der Waals surface area contributed by atoms with Crippen molar-refractivity contribution < 1.29 is 0 Å². The second kappa shape index (κ2) is 4.55. The summed E-state index contributed by atoms with van der Waals surface area (Å²) in [5, 5.41) is 1.03. The van der Waals surface area contributed by atoms with Gasteiger partial charge in [0.15, 0.2) is 0 Å². The fourth-order valence-corrected chi connectivity index (χ4v) is 2.99. The first-order valence-corrected chi connectivity index (χ1v) is 6.89. The minimum absolute atomic E-state index is 0.782. The van der Waals surface area contributed by atoms with Crippen molar-refractivity contribution in [2.24, 2.45) is 0 Å². The molecule has 0 aliphatic heterocycles. The van der Waals surface area contributed by atoms with Crippen molar-refractivity contribution in [3.63, 3.8) is 0 Å². The Morgan fingerprint density at radius 1 is 1.11 bits per heavy atom. The van der Waals surface area contributed by atoms with Gasteiger partial charge < -0.3 is 10.6 Å². The van der Waals surface area contributed by atoms with Crippen LogP contribution in [0.25, 0.3) is 20.8 Å². The van der Waals surface area contributed by atoms with E-state index in [0.717, 1.165) is 26.5 Å². The second-order valence-electron chi connectivity index (χ2n) is 4.69. The average Bonchev–Trinajstić information content (AvgIpc) is 2.81. The van der Waals surface area contributed by atoms with Crippen LogP contribution in [0, 0.1) is 0 Å². The molecule has 0 bridgehead atoms. The van der Waals surface area contributed by atoms with E-state index in [1.54, 1.807) is 11.3 Å². The van der Waals surface area contributed by atoms with Crippen LogP contribution in [0.3, 0.4) is 0 Å². The number of aromatic nitrogens is 1. The fourth-order valence-electron chi connectivity index (χ4n) is 1.98. The van der Waals surface area contributed by atoms with E-state index in [9.17, 15) is 0 Å². The lowest BCUT2D eigenvalue weighted by Crippen LogP contribution is -2.08. The van der Waals surface area contributed by atoms with Crippen molar-refractivity contribution >= 4 is 32.9 Å². The Morgan fingerprint density at radius 2 is 1.95 bits per heavy atom. The third-order valence-corrected chi connectivity index (χ3v) is 4.09. The van der Waals surface area contributed by atoms with Crippen LogP contribution in [0.5, 0.6) is 0 Å². The van der Waals surface area contributed by atoms with Crippen LogP contribution in [0.4, 0.5) is 11.4 Å². The zero-order valence-corrected chi connectivity index (χ0v) is 11.7. The standard InChI is InChI=1S/C15H15N3S/c1-18(2)12-5-3-4-10(8-12)15-17-13-7-6-11(16)9-14(13)19-15/h3-9H,16H2,1-2H3. The van der Waals surface area contributed by atoms with Gasteiger partial charge in [-0.15, -0.1) is 11.3 Å². The zero-order valence-electron chi connectivity index (χ0n) is 10.9. The zero-order chi connectivity index (χ0) is 13.4. The number of nitrogens with zero attached hydrogens (tertiary/aromatic N) is 2. The van der Waals surface area contributed by atoms with Gasteiger partial charge in [0.25, 0.3) is 0 Å². The molecule has 0 aliphatic carbocycles. The third-order valence-electron chi connectivity index (χ3n) is 3.02. The Bertz CT molecular complexity index is 731. The third kappa shape index (κ3) is 2.27. The second-order valence-corrected chi connectivity index (χ2v) is 5.72. The monoisotopic (exact) mass is 269 g/mol. The highest BCUT2D eigenvalue weighted by Gasteiger charge is 2.07. The quantitative estimate of drug-likeness (QED) is 0.723. The maximum absolute atomic E-state index is 5.81. The lowest BCUT2D eigenvalue weighted by atomic mass is 10.2. The molecule has 0 amide bonds. The van der Waals surface area contributed by atoms with Crippen LogP contribution in [0.2, 0.25) is 0 Å². The maximum Gasteiger partial charge on any atom is 0.124 e. The van der Waals surface area contributed by atoms with Crippen molar-refractivity contribution in [1.82, 2.24) is 4.98 Å². The van der Waals surface area contributed by atoms with Gasteiger partial charge in [0.1, 0.15) is 5.01 Å². The van der Waals surface area contributed by atoms with Crippen molar-refractivity contribution in [2.75, 3.05) is 24.7 Å². The molecule has 0 spiro atoms. The van der Waals surface area contributed by atoms with Crippen LogP contribution in [0.15, 0.2) is 42.5 Å². The minimum atomic E-state index is 0.782.